The number of likely N-dealkylation sites (tertiary alicyclic amines) is 1. The number of hydrogen-bond donors (Lipinski definition) is 0. The first kappa shape index (κ1) is 12.3. The molecule has 0 radical (unpaired) electrons. The summed E-state index contributed by atoms with van der Waals surface area (Å²) >= 11 is 5.90. The molecule has 1 aromatic carbocycles. The summed E-state index contributed by atoms with van der Waals surface area (Å²) < 4.78 is 0. The van der Waals surface area contributed by atoms with Crippen LogP contribution in [0.2, 0.25) is 5.02 Å². The number of rotatable bonds is 3. The van der Waals surface area contributed by atoms with Crippen molar-refractivity contribution in [3.05, 3.63) is 38.9 Å². The van der Waals surface area contributed by atoms with Gasteiger partial charge in [-0.05, 0) is 38.1 Å². The van der Waals surface area contributed by atoms with E-state index in [1.807, 2.05) is 0 Å². The Kier molecular flexibility index (Phi) is 3.97. The zero-order valence-electron chi connectivity index (χ0n) is 9.56. The van der Waals surface area contributed by atoms with Gasteiger partial charge in [-0.25, -0.2) is 0 Å². The highest BCUT2D eigenvalue weighted by molar-refractivity contribution is 6.30. The molecule has 1 aliphatic rings. The third-order valence-electron chi connectivity index (χ3n) is 3.08. The smallest absolute Gasteiger partial charge is 0.273 e. The molecule has 0 spiro atoms. The maximum absolute atomic E-state index is 10.9. The molecule has 0 unspecified atom stereocenters. The average Bonchev–Trinajstić information content (AvgIpc) is 2.30. The number of nitrogens with zero attached hydrogens (tertiary/aromatic N) is 2. The number of nitro benzene ring substituents is 1. The Labute approximate surface area is 105 Å². The summed E-state index contributed by atoms with van der Waals surface area (Å²) in [6, 6.07) is 4.76. The van der Waals surface area contributed by atoms with Gasteiger partial charge in [0, 0.05) is 23.2 Å². The number of piperidine rings is 1. The Morgan fingerprint density at radius 3 is 2.65 bits per heavy atom. The van der Waals surface area contributed by atoms with E-state index < -0.39 is 0 Å². The molecule has 0 N–H and O–H groups in total. The molecule has 5 heteroatoms. The van der Waals surface area contributed by atoms with Crippen molar-refractivity contribution in [3.8, 4) is 0 Å². The molecular formula is C12H15ClN2O2. The molecule has 0 aliphatic carbocycles. The largest absolute Gasteiger partial charge is 0.299 e. The molecule has 0 amide bonds. The maximum Gasteiger partial charge on any atom is 0.273 e. The summed E-state index contributed by atoms with van der Waals surface area (Å²) in [5.41, 5.74) is 0.879. The Bertz CT molecular complexity index is 417. The highest BCUT2D eigenvalue weighted by Crippen LogP contribution is 2.25. The van der Waals surface area contributed by atoms with Crippen LogP contribution in [0.1, 0.15) is 24.8 Å². The summed E-state index contributed by atoms with van der Waals surface area (Å²) in [7, 11) is 0. The zero-order valence-corrected chi connectivity index (χ0v) is 10.3. The van der Waals surface area contributed by atoms with Gasteiger partial charge in [0.1, 0.15) is 0 Å². The van der Waals surface area contributed by atoms with Gasteiger partial charge in [-0.1, -0.05) is 18.0 Å². The quantitative estimate of drug-likeness (QED) is 0.615. The molecule has 0 saturated carbocycles. The van der Waals surface area contributed by atoms with E-state index in [0.29, 0.717) is 17.1 Å². The highest BCUT2D eigenvalue weighted by Gasteiger charge is 2.18. The van der Waals surface area contributed by atoms with Gasteiger partial charge in [0.05, 0.1) is 4.92 Å². The summed E-state index contributed by atoms with van der Waals surface area (Å²) in [6.07, 6.45) is 3.61. The maximum atomic E-state index is 10.9. The van der Waals surface area contributed by atoms with Gasteiger partial charge in [0.2, 0.25) is 0 Å². The highest BCUT2D eigenvalue weighted by atomic mass is 35.5. The van der Waals surface area contributed by atoms with E-state index in [-0.39, 0.29) is 10.6 Å². The molecule has 1 saturated heterocycles. The Morgan fingerprint density at radius 1 is 1.29 bits per heavy atom. The lowest BCUT2D eigenvalue weighted by molar-refractivity contribution is -0.385. The molecule has 2 rings (SSSR count). The van der Waals surface area contributed by atoms with Crippen molar-refractivity contribution in [1.29, 1.82) is 0 Å². The number of hydrogen-bond acceptors (Lipinski definition) is 3. The van der Waals surface area contributed by atoms with E-state index in [1.165, 1.54) is 25.3 Å². The minimum Gasteiger partial charge on any atom is -0.299 e. The van der Waals surface area contributed by atoms with E-state index >= 15 is 0 Å². The average molecular weight is 255 g/mol. The van der Waals surface area contributed by atoms with E-state index in [9.17, 15) is 10.1 Å². The van der Waals surface area contributed by atoms with Crippen LogP contribution in [0.25, 0.3) is 0 Å². The molecule has 1 fully saturated rings. The van der Waals surface area contributed by atoms with Crippen LogP contribution in [0.4, 0.5) is 5.69 Å². The van der Waals surface area contributed by atoms with Gasteiger partial charge in [-0.2, -0.15) is 0 Å². The summed E-state index contributed by atoms with van der Waals surface area (Å²) in [5, 5.41) is 11.5. The molecular weight excluding hydrogens is 240 g/mol. The Hall–Kier alpha value is -1.13. The van der Waals surface area contributed by atoms with Crippen LogP contribution in [0.5, 0.6) is 0 Å². The van der Waals surface area contributed by atoms with Crippen molar-refractivity contribution in [2.75, 3.05) is 13.1 Å². The lowest BCUT2D eigenvalue weighted by Gasteiger charge is -2.26. The minimum atomic E-state index is -0.338. The number of halogens is 1. The second-order valence-corrected chi connectivity index (χ2v) is 4.80. The topological polar surface area (TPSA) is 46.4 Å². The first-order valence-electron chi connectivity index (χ1n) is 5.82. The molecule has 92 valence electrons. The van der Waals surface area contributed by atoms with Crippen LogP contribution >= 0.6 is 11.6 Å². The van der Waals surface area contributed by atoms with Crippen molar-refractivity contribution in [2.24, 2.45) is 0 Å². The van der Waals surface area contributed by atoms with Gasteiger partial charge in [0.25, 0.3) is 5.69 Å². The molecule has 1 aromatic rings. The van der Waals surface area contributed by atoms with Crippen molar-refractivity contribution < 1.29 is 4.92 Å². The van der Waals surface area contributed by atoms with Gasteiger partial charge < -0.3 is 0 Å². The van der Waals surface area contributed by atoms with E-state index in [4.69, 9.17) is 11.6 Å². The van der Waals surface area contributed by atoms with Crippen molar-refractivity contribution in [2.45, 2.75) is 25.8 Å². The normalized spacial score (nSPS) is 17.0. The molecule has 4 nitrogen and oxygen atoms in total. The Balaban J connectivity index is 2.17. The summed E-state index contributed by atoms with van der Waals surface area (Å²) in [4.78, 5) is 12.8. The van der Waals surface area contributed by atoms with Crippen molar-refractivity contribution in [3.63, 3.8) is 0 Å². The SMILES string of the molecule is O=[N+]([O-])c1ccc(Cl)cc1CN1CCCCC1. The number of benzene rings is 1. The van der Waals surface area contributed by atoms with Crippen LogP contribution in [0, 0.1) is 10.1 Å². The number of nitro groups is 1. The van der Waals surface area contributed by atoms with E-state index in [1.54, 1.807) is 12.1 Å². The van der Waals surface area contributed by atoms with Crippen LogP contribution in [0.3, 0.4) is 0 Å². The third kappa shape index (κ3) is 3.17. The fourth-order valence-electron chi connectivity index (χ4n) is 2.22. The van der Waals surface area contributed by atoms with Crippen LogP contribution in [0.15, 0.2) is 18.2 Å². The molecule has 17 heavy (non-hydrogen) atoms. The van der Waals surface area contributed by atoms with Gasteiger partial charge in [-0.3, -0.25) is 15.0 Å². The first-order valence-corrected chi connectivity index (χ1v) is 6.20. The first-order chi connectivity index (χ1) is 8.16. The van der Waals surface area contributed by atoms with Crippen LogP contribution in [-0.4, -0.2) is 22.9 Å². The predicted octanol–water partition coefficient (Wildman–Crippen LogP) is 3.23. The van der Waals surface area contributed by atoms with E-state index in [0.717, 1.165) is 13.1 Å². The molecule has 1 aliphatic heterocycles. The van der Waals surface area contributed by atoms with Crippen LogP contribution in [-0.2, 0) is 6.54 Å². The van der Waals surface area contributed by atoms with E-state index in [2.05, 4.69) is 4.90 Å². The standard InChI is InChI=1S/C12H15ClN2O2/c13-11-4-5-12(15(16)17)10(8-11)9-14-6-2-1-3-7-14/h4-5,8H,1-3,6-7,9H2. The van der Waals surface area contributed by atoms with Gasteiger partial charge in [-0.15, -0.1) is 0 Å². The fourth-order valence-corrected chi connectivity index (χ4v) is 2.41. The van der Waals surface area contributed by atoms with Crippen molar-refractivity contribution >= 4 is 17.3 Å². The fraction of sp³-hybridized carbons (Fsp3) is 0.500. The van der Waals surface area contributed by atoms with Crippen LogP contribution < -0.4 is 0 Å². The molecule has 0 bridgehead atoms. The third-order valence-corrected chi connectivity index (χ3v) is 3.32. The molecule has 1 heterocycles. The predicted molar refractivity (Wildman–Crippen MR) is 67.2 cm³/mol. The molecule has 0 aromatic heterocycles. The summed E-state index contributed by atoms with van der Waals surface area (Å²) in [5.74, 6) is 0. The monoisotopic (exact) mass is 254 g/mol. The van der Waals surface area contributed by atoms with Gasteiger partial charge >= 0.3 is 0 Å². The second kappa shape index (κ2) is 5.47. The summed E-state index contributed by atoms with van der Waals surface area (Å²) in [6.45, 7) is 2.66. The molecule has 0 atom stereocenters. The Morgan fingerprint density at radius 2 is 2.00 bits per heavy atom. The van der Waals surface area contributed by atoms with Crippen molar-refractivity contribution in [1.82, 2.24) is 4.90 Å². The lowest BCUT2D eigenvalue weighted by atomic mass is 10.1. The second-order valence-electron chi connectivity index (χ2n) is 4.37. The zero-order chi connectivity index (χ0) is 12.3. The minimum absolute atomic E-state index is 0.167. The van der Waals surface area contributed by atoms with Gasteiger partial charge in [0.15, 0.2) is 0 Å². The lowest BCUT2D eigenvalue weighted by Crippen LogP contribution is -2.29.